The summed E-state index contributed by atoms with van der Waals surface area (Å²) in [6, 6.07) is 6.21. The van der Waals surface area contributed by atoms with Crippen LogP contribution in [0.2, 0.25) is 0 Å². The molecular formula is C17H28N2O. The summed E-state index contributed by atoms with van der Waals surface area (Å²) in [5, 5.41) is 3.12. The summed E-state index contributed by atoms with van der Waals surface area (Å²) < 4.78 is 0. The number of urea groups is 1. The van der Waals surface area contributed by atoms with Crippen LogP contribution in [0.5, 0.6) is 0 Å². The quantitative estimate of drug-likeness (QED) is 0.797. The molecule has 0 aliphatic carbocycles. The maximum absolute atomic E-state index is 12.4. The van der Waals surface area contributed by atoms with Gasteiger partial charge >= 0.3 is 6.03 Å². The van der Waals surface area contributed by atoms with Crippen molar-refractivity contribution in [3.05, 3.63) is 29.3 Å². The van der Waals surface area contributed by atoms with Crippen molar-refractivity contribution >= 4 is 11.7 Å². The number of carbonyl (C=O) groups excluding carboxylic acids is 1. The first-order valence-corrected chi connectivity index (χ1v) is 7.66. The van der Waals surface area contributed by atoms with Gasteiger partial charge < -0.3 is 10.2 Å². The second-order valence-electron chi connectivity index (χ2n) is 5.61. The largest absolute Gasteiger partial charge is 0.325 e. The summed E-state index contributed by atoms with van der Waals surface area (Å²) >= 11 is 0. The van der Waals surface area contributed by atoms with E-state index >= 15 is 0 Å². The molecule has 0 aliphatic rings. The molecule has 112 valence electrons. The van der Waals surface area contributed by atoms with Crippen LogP contribution in [0.1, 0.15) is 57.6 Å². The van der Waals surface area contributed by atoms with E-state index in [4.69, 9.17) is 0 Å². The zero-order chi connectivity index (χ0) is 15.1. The van der Waals surface area contributed by atoms with Gasteiger partial charge in [0.15, 0.2) is 0 Å². The third-order valence-electron chi connectivity index (χ3n) is 3.43. The number of rotatable bonds is 6. The Balaban J connectivity index is 2.94. The smallest absolute Gasteiger partial charge is 0.321 e. The second kappa shape index (κ2) is 7.93. The zero-order valence-electron chi connectivity index (χ0n) is 13.5. The van der Waals surface area contributed by atoms with Gasteiger partial charge in [-0.3, -0.25) is 0 Å². The van der Waals surface area contributed by atoms with Crippen molar-refractivity contribution in [2.75, 3.05) is 18.4 Å². The van der Waals surface area contributed by atoms with E-state index in [0.717, 1.165) is 37.2 Å². The first kappa shape index (κ1) is 16.5. The third-order valence-corrected chi connectivity index (χ3v) is 3.43. The van der Waals surface area contributed by atoms with Gasteiger partial charge in [0.25, 0.3) is 0 Å². The van der Waals surface area contributed by atoms with Crippen LogP contribution in [0.25, 0.3) is 0 Å². The van der Waals surface area contributed by atoms with Crippen LogP contribution in [0.4, 0.5) is 10.5 Å². The van der Waals surface area contributed by atoms with Gasteiger partial charge in [-0.2, -0.15) is 0 Å². The highest BCUT2D eigenvalue weighted by Gasteiger charge is 2.16. The number of aryl methyl sites for hydroxylation is 1. The number of nitrogens with one attached hydrogen (secondary N) is 1. The highest BCUT2D eigenvalue weighted by molar-refractivity contribution is 5.91. The van der Waals surface area contributed by atoms with Crippen molar-refractivity contribution in [1.29, 1.82) is 0 Å². The Kier molecular flexibility index (Phi) is 6.56. The van der Waals surface area contributed by atoms with Gasteiger partial charge in [0.2, 0.25) is 0 Å². The minimum absolute atomic E-state index is 0.0184. The van der Waals surface area contributed by atoms with Gasteiger partial charge in [-0.1, -0.05) is 45.9 Å². The lowest BCUT2D eigenvalue weighted by atomic mass is 9.98. The van der Waals surface area contributed by atoms with E-state index in [9.17, 15) is 4.79 Å². The van der Waals surface area contributed by atoms with E-state index in [1.807, 2.05) is 17.9 Å². The first-order chi connectivity index (χ1) is 9.51. The van der Waals surface area contributed by atoms with Crippen LogP contribution >= 0.6 is 0 Å². The molecule has 3 nitrogen and oxygen atoms in total. The third kappa shape index (κ3) is 4.26. The van der Waals surface area contributed by atoms with Gasteiger partial charge in [-0.25, -0.2) is 4.79 Å². The molecule has 0 aromatic heterocycles. The van der Waals surface area contributed by atoms with Crippen LogP contribution in [-0.2, 0) is 0 Å². The van der Waals surface area contributed by atoms with Crippen molar-refractivity contribution in [3.8, 4) is 0 Å². The van der Waals surface area contributed by atoms with Crippen molar-refractivity contribution in [2.45, 2.75) is 53.4 Å². The van der Waals surface area contributed by atoms with E-state index < -0.39 is 0 Å². The van der Waals surface area contributed by atoms with E-state index in [1.165, 1.54) is 5.56 Å². The molecule has 20 heavy (non-hydrogen) atoms. The van der Waals surface area contributed by atoms with E-state index in [0.29, 0.717) is 5.92 Å². The average Bonchev–Trinajstić information content (AvgIpc) is 2.40. The van der Waals surface area contributed by atoms with E-state index in [-0.39, 0.29) is 6.03 Å². The highest BCUT2D eigenvalue weighted by atomic mass is 16.2. The lowest BCUT2D eigenvalue weighted by molar-refractivity contribution is 0.211. The number of nitrogens with zero attached hydrogens (tertiary/aromatic N) is 1. The maximum Gasteiger partial charge on any atom is 0.321 e. The molecule has 0 radical (unpaired) electrons. The van der Waals surface area contributed by atoms with Crippen LogP contribution in [0, 0.1) is 6.92 Å². The molecule has 0 unspecified atom stereocenters. The van der Waals surface area contributed by atoms with Crippen molar-refractivity contribution in [3.63, 3.8) is 0 Å². The molecular weight excluding hydrogens is 248 g/mol. The van der Waals surface area contributed by atoms with Crippen LogP contribution in [0.3, 0.4) is 0 Å². The average molecular weight is 276 g/mol. The summed E-state index contributed by atoms with van der Waals surface area (Å²) in [6.07, 6.45) is 1.97. The molecule has 0 fully saturated rings. The number of para-hydroxylation sites is 1. The Morgan fingerprint density at radius 3 is 2.30 bits per heavy atom. The number of hydrogen-bond donors (Lipinski definition) is 1. The number of carbonyl (C=O) groups is 1. The second-order valence-corrected chi connectivity index (χ2v) is 5.61. The SMILES string of the molecule is CCCN(CCC)C(=O)Nc1c(C)cccc1C(C)C. The predicted octanol–water partition coefficient (Wildman–Crippen LogP) is 4.77. The molecule has 2 amide bonds. The molecule has 0 heterocycles. The fourth-order valence-electron chi connectivity index (χ4n) is 2.38. The van der Waals surface area contributed by atoms with E-state index in [1.54, 1.807) is 0 Å². The molecule has 0 bridgehead atoms. The van der Waals surface area contributed by atoms with Gasteiger partial charge in [0.05, 0.1) is 0 Å². The van der Waals surface area contributed by atoms with Crippen LogP contribution in [0.15, 0.2) is 18.2 Å². The van der Waals surface area contributed by atoms with Gasteiger partial charge in [0.1, 0.15) is 0 Å². The summed E-state index contributed by atoms with van der Waals surface area (Å²) in [7, 11) is 0. The number of benzene rings is 1. The molecule has 0 spiro atoms. The minimum Gasteiger partial charge on any atom is -0.325 e. The van der Waals surface area contributed by atoms with E-state index in [2.05, 4.69) is 45.1 Å². The van der Waals surface area contributed by atoms with Gasteiger partial charge in [-0.05, 0) is 36.8 Å². The topological polar surface area (TPSA) is 32.3 Å². The zero-order valence-corrected chi connectivity index (χ0v) is 13.5. The molecule has 1 N–H and O–H groups in total. The van der Waals surface area contributed by atoms with Crippen molar-refractivity contribution in [1.82, 2.24) is 4.90 Å². The number of anilines is 1. The highest BCUT2D eigenvalue weighted by Crippen LogP contribution is 2.27. The first-order valence-electron chi connectivity index (χ1n) is 7.66. The molecule has 0 atom stereocenters. The Bertz CT molecular complexity index is 435. The van der Waals surface area contributed by atoms with Gasteiger partial charge in [0, 0.05) is 18.8 Å². The molecule has 1 rings (SSSR count). The van der Waals surface area contributed by atoms with Crippen molar-refractivity contribution < 1.29 is 4.79 Å². The maximum atomic E-state index is 12.4. The molecule has 1 aromatic rings. The molecule has 3 heteroatoms. The Labute approximate surface area is 123 Å². The summed E-state index contributed by atoms with van der Waals surface area (Å²) in [6.45, 7) is 12.2. The molecule has 0 aliphatic heterocycles. The number of hydrogen-bond acceptors (Lipinski definition) is 1. The predicted molar refractivity (Wildman–Crippen MR) is 86.4 cm³/mol. The summed E-state index contributed by atoms with van der Waals surface area (Å²) in [5.41, 5.74) is 3.30. The minimum atomic E-state index is 0.0184. The molecule has 1 aromatic carbocycles. The Morgan fingerprint density at radius 1 is 1.20 bits per heavy atom. The normalized spacial score (nSPS) is 10.7. The lowest BCUT2D eigenvalue weighted by Gasteiger charge is -2.24. The standard InChI is InChI=1S/C17H28N2O/c1-6-11-19(12-7-2)17(20)18-16-14(5)9-8-10-15(16)13(3)4/h8-10,13H,6-7,11-12H2,1-5H3,(H,18,20). The molecule has 0 saturated heterocycles. The van der Waals surface area contributed by atoms with Crippen LogP contribution in [-0.4, -0.2) is 24.0 Å². The monoisotopic (exact) mass is 276 g/mol. The summed E-state index contributed by atoms with van der Waals surface area (Å²) in [4.78, 5) is 14.3. The lowest BCUT2D eigenvalue weighted by Crippen LogP contribution is -2.36. The molecule has 0 saturated carbocycles. The Hall–Kier alpha value is -1.51. The fraction of sp³-hybridized carbons (Fsp3) is 0.588. The van der Waals surface area contributed by atoms with Crippen LogP contribution < -0.4 is 5.32 Å². The van der Waals surface area contributed by atoms with Crippen molar-refractivity contribution in [2.24, 2.45) is 0 Å². The van der Waals surface area contributed by atoms with Gasteiger partial charge in [-0.15, -0.1) is 0 Å². The Morgan fingerprint density at radius 2 is 1.80 bits per heavy atom. The fourth-order valence-corrected chi connectivity index (χ4v) is 2.38. The number of amides is 2. The summed E-state index contributed by atoms with van der Waals surface area (Å²) in [5.74, 6) is 0.399.